The second-order valence-corrected chi connectivity index (χ2v) is 6.56. The van der Waals surface area contributed by atoms with E-state index >= 15 is 0 Å². The van der Waals surface area contributed by atoms with Crippen LogP contribution in [0.25, 0.3) is 0 Å². The van der Waals surface area contributed by atoms with Crippen LogP contribution in [0.3, 0.4) is 0 Å². The highest BCUT2D eigenvalue weighted by atomic mass is 16.3. The molecule has 1 aliphatic carbocycles. The molecule has 0 radical (unpaired) electrons. The minimum absolute atomic E-state index is 0.0998. The van der Waals surface area contributed by atoms with Crippen molar-refractivity contribution in [1.29, 1.82) is 0 Å². The van der Waals surface area contributed by atoms with Crippen LogP contribution in [0.2, 0.25) is 0 Å². The van der Waals surface area contributed by atoms with E-state index in [0.29, 0.717) is 17.9 Å². The fourth-order valence-electron chi connectivity index (χ4n) is 3.45. The van der Waals surface area contributed by atoms with Crippen LogP contribution in [-0.4, -0.2) is 41.8 Å². The third-order valence-corrected chi connectivity index (χ3v) is 4.90. The zero-order chi connectivity index (χ0) is 13.8. The smallest absolute Gasteiger partial charge is 0.317 e. The second kappa shape index (κ2) is 6.60. The van der Waals surface area contributed by atoms with Crippen LogP contribution in [-0.2, 0) is 0 Å². The lowest BCUT2D eigenvalue weighted by Gasteiger charge is -2.36. The number of aliphatic hydroxyl groups excluding tert-OH is 1. The zero-order valence-corrected chi connectivity index (χ0v) is 12.3. The van der Waals surface area contributed by atoms with Crippen LogP contribution in [0.1, 0.15) is 46.0 Å². The average Bonchev–Trinajstić information content (AvgIpc) is 2.42. The quantitative estimate of drug-likeness (QED) is 0.807. The van der Waals surface area contributed by atoms with Gasteiger partial charge in [-0.05, 0) is 49.9 Å². The van der Waals surface area contributed by atoms with Crippen molar-refractivity contribution >= 4 is 6.03 Å². The fraction of sp³-hybridized carbons (Fsp3) is 0.933. The summed E-state index contributed by atoms with van der Waals surface area (Å²) in [5.41, 5.74) is 0. The maximum atomic E-state index is 12.2. The number of nitrogens with zero attached hydrogens (tertiary/aromatic N) is 1. The van der Waals surface area contributed by atoms with Crippen molar-refractivity contribution in [2.75, 3.05) is 19.7 Å². The number of aliphatic hydroxyl groups is 1. The van der Waals surface area contributed by atoms with E-state index < -0.39 is 0 Å². The molecular formula is C15H28N2O2. The van der Waals surface area contributed by atoms with Crippen LogP contribution in [0, 0.1) is 17.8 Å². The molecule has 2 aliphatic rings. The minimum atomic E-state index is 0.0998. The molecule has 2 rings (SSSR count). The lowest BCUT2D eigenvalue weighted by Crippen LogP contribution is -2.50. The van der Waals surface area contributed by atoms with Gasteiger partial charge in [0, 0.05) is 25.7 Å². The molecule has 110 valence electrons. The predicted molar refractivity (Wildman–Crippen MR) is 75.9 cm³/mol. The summed E-state index contributed by atoms with van der Waals surface area (Å²) >= 11 is 0. The number of amides is 2. The predicted octanol–water partition coefficient (Wildman–Crippen LogP) is 2.22. The van der Waals surface area contributed by atoms with Crippen molar-refractivity contribution in [3.63, 3.8) is 0 Å². The summed E-state index contributed by atoms with van der Waals surface area (Å²) in [6, 6.07) is 0.446. The minimum Gasteiger partial charge on any atom is -0.396 e. The van der Waals surface area contributed by atoms with Gasteiger partial charge in [-0.2, -0.15) is 0 Å². The van der Waals surface area contributed by atoms with Crippen molar-refractivity contribution in [2.45, 2.75) is 52.0 Å². The summed E-state index contributed by atoms with van der Waals surface area (Å²) in [4.78, 5) is 14.2. The van der Waals surface area contributed by atoms with Gasteiger partial charge < -0.3 is 15.3 Å². The molecule has 4 nitrogen and oxygen atoms in total. The van der Waals surface area contributed by atoms with Gasteiger partial charge in [-0.1, -0.05) is 13.8 Å². The summed E-state index contributed by atoms with van der Waals surface area (Å²) in [5.74, 6) is 1.77. The molecule has 2 amide bonds. The SMILES string of the molecule is CC1CCC(NC(=O)N2CCC(CO)CC2)C(C)C1. The van der Waals surface area contributed by atoms with Crippen LogP contribution in [0.4, 0.5) is 4.79 Å². The van der Waals surface area contributed by atoms with Crippen molar-refractivity contribution in [3.05, 3.63) is 0 Å². The van der Waals surface area contributed by atoms with Gasteiger partial charge in [0.05, 0.1) is 0 Å². The molecule has 1 heterocycles. The highest BCUT2D eigenvalue weighted by Gasteiger charge is 2.29. The summed E-state index contributed by atoms with van der Waals surface area (Å²) in [7, 11) is 0. The Hall–Kier alpha value is -0.770. The Morgan fingerprint density at radius 3 is 2.47 bits per heavy atom. The van der Waals surface area contributed by atoms with Gasteiger partial charge in [0.1, 0.15) is 0 Å². The molecule has 0 spiro atoms. The van der Waals surface area contributed by atoms with Gasteiger partial charge in [0.15, 0.2) is 0 Å². The topological polar surface area (TPSA) is 52.6 Å². The van der Waals surface area contributed by atoms with Crippen LogP contribution in [0.15, 0.2) is 0 Å². The average molecular weight is 268 g/mol. The third kappa shape index (κ3) is 3.85. The van der Waals surface area contributed by atoms with Crippen LogP contribution >= 0.6 is 0 Å². The first-order valence-electron chi connectivity index (χ1n) is 7.76. The van der Waals surface area contributed by atoms with Gasteiger partial charge in [-0.3, -0.25) is 0 Å². The van der Waals surface area contributed by atoms with Crippen molar-refractivity contribution in [1.82, 2.24) is 10.2 Å². The lowest BCUT2D eigenvalue weighted by molar-refractivity contribution is 0.130. The molecule has 19 heavy (non-hydrogen) atoms. The molecule has 0 aromatic heterocycles. The molecular weight excluding hydrogens is 240 g/mol. The molecule has 0 aromatic rings. The molecule has 1 saturated carbocycles. The van der Waals surface area contributed by atoms with E-state index in [1.54, 1.807) is 0 Å². The number of urea groups is 1. The van der Waals surface area contributed by atoms with E-state index in [1.807, 2.05) is 4.90 Å². The molecule has 0 bridgehead atoms. The van der Waals surface area contributed by atoms with Gasteiger partial charge in [-0.15, -0.1) is 0 Å². The number of piperidine rings is 1. The van der Waals surface area contributed by atoms with Crippen molar-refractivity contribution in [3.8, 4) is 0 Å². The number of carbonyl (C=O) groups excluding carboxylic acids is 1. The van der Waals surface area contributed by atoms with E-state index in [4.69, 9.17) is 5.11 Å². The van der Waals surface area contributed by atoms with E-state index in [1.165, 1.54) is 12.8 Å². The van der Waals surface area contributed by atoms with Crippen molar-refractivity contribution in [2.24, 2.45) is 17.8 Å². The van der Waals surface area contributed by atoms with E-state index in [0.717, 1.165) is 38.3 Å². The number of hydrogen-bond acceptors (Lipinski definition) is 2. The Balaban J connectivity index is 1.78. The molecule has 2 N–H and O–H groups in total. The van der Waals surface area contributed by atoms with Crippen LogP contribution < -0.4 is 5.32 Å². The molecule has 1 saturated heterocycles. The second-order valence-electron chi connectivity index (χ2n) is 6.56. The van der Waals surface area contributed by atoms with Crippen LogP contribution in [0.5, 0.6) is 0 Å². The maximum absolute atomic E-state index is 12.2. The Kier molecular flexibility index (Phi) is 5.08. The lowest BCUT2D eigenvalue weighted by atomic mass is 9.80. The highest BCUT2D eigenvalue weighted by molar-refractivity contribution is 5.74. The third-order valence-electron chi connectivity index (χ3n) is 4.90. The largest absolute Gasteiger partial charge is 0.396 e. The van der Waals surface area contributed by atoms with E-state index in [9.17, 15) is 4.79 Å². The normalized spacial score (nSPS) is 33.2. The Morgan fingerprint density at radius 1 is 1.21 bits per heavy atom. The first-order chi connectivity index (χ1) is 9.10. The number of hydrogen-bond donors (Lipinski definition) is 2. The maximum Gasteiger partial charge on any atom is 0.317 e. The monoisotopic (exact) mass is 268 g/mol. The Labute approximate surface area is 116 Å². The summed E-state index contributed by atoms with van der Waals surface area (Å²) in [5, 5.41) is 12.3. The van der Waals surface area contributed by atoms with Gasteiger partial charge in [-0.25, -0.2) is 4.79 Å². The number of carbonyl (C=O) groups is 1. The highest BCUT2D eigenvalue weighted by Crippen LogP contribution is 2.28. The van der Waals surface area contributed by atoms with Gasteiger partial charge >= 0.3 is 6.03 Å². The Morgan fingerprint density at radius 2 is 1.89 bits per heavy atom. The van der Waals surface area contributed by atoms with Crippen molar-refractivity contribution < 1.29 is 9.90 Å². The molecule has 1 aliphatic heterocycles. The number of nitrogens with one attached hydrogen (secondary N) is 1. The number of rotatable bonds is 2. The molecule has 4 heteroatoms. The first kappa shape index (κ1) is 14.6. The first-order valence-corrected chi connectivity index (χ1v) is 7.76. The van der Waals surface area contributed by atoms with Gasteiger partial charge in [0.2, 0.25) is 0 Å². The fourth-order valence-corrected chi connectivity index (χ4v) is 3.45. The molecule has 0 aromatic carbocycles. The standard InChI is InChI=1S/C15H28N2O2/c1-11-3-4-14(12(2)9-11)16-15(19)17-7-5-13(10-18)6-8-17/h11-14,18H,3-10H2,1-2H3,(H,16,19). The summed E-state index contributed by atoms with van der Waals surface area (Å²) in [6.45, 7) is 6.38. The number of likely N-dealkylation sites (tertiary alicyclic amines) is 1. The summed E-state index contributed by atoms with van der Waals surface area (Å²) < 4.78 is 0. The molecule has 3 atom stereocenters. The van der Waals surface area contributed by atoms with Gasteiger partial charge in [0.25, 0.3) is 0 Å². The Bertz CT molecular complexity index is 301. The zero-order valence-electron chi connectivity index (χ0n) is 12.3. The molecule has 3 unspecified atom stereocenters. The van der Waals surface area contributed by atoms with E-state index in [2.05, 4.69) is 19.2 Å². The van der Waals surface area contributed by atoms with E-state index in [-0.39, 0.29) is 12.6 Å². The summed E-state index contributed by atoms with van der Waals surface area (Å²) in [6.07, 6.45) is 5.42. The molecule has 2 fully saturated rings.